The first-order valence-corrected chi connectivity index (χ1v) is 9.41. The predicted octanol–water partition coefficient (Wildman–Crippen LogP) is 4.77. The Morgan fingerprint density at radius 2 is 1.74 bits per heavy atom. The molecule has 27 heavy (non-hydrogen) atoms. The predicted molar refractivity (Wildman–Crippen MR) is 110 cm³/mol. The van der Waals surface area contributed by atoms with Crippen LogP contribution in [0.5, 0.6) is 11.5 Å². The topological polar surface area (TPSA) is 27.3 Å². The summed E-state index contributed by atoms with van der Waals surface area (Å²) in [5.74, 6) is 3.03. The Balaban J connectivity index is 0.00000180. The second-order valence-electron chi connectivity index (χ2n) is 7.17. The summed E-state index contributed by atoms with van der Waals surface area (Å²) in [5, 5.41) is 0. The van der Waals surface area contributed by atoms with Gasteiger partial charge in [-0.05, 0) is 38.3 Å². The van der Waals surface area contributed by atoms with Gasteiger partial charge >= 0.3 is 0 Å². The molecule has 0 bridgehead atoms. The minimum Gasteiger partial charge on any atom is -0.454 e. The monoisotopic (exact) mass is 427 g/mol. The van der Waals surface area contributed by atoms with Gasteiger partial charge in [-0.2, -0.15) is 4.57 Å². The molecule has 0 radical (unpaired) electrons. The highest BCUT2D eigenvalue weighted by atomic mass is 79.9. The molecular weight excluding hydrogens is 404 g/mol. The molecule has 3 aromatic rings. The molecule has 5 rings (SSSR count). The van der Waals surface area contributed by atoms with Gasteiger partial charge in [0.2, 0.25) is 6.79 Å². The zero-order chi connectivity index (χ0) is 17.5. The molecule has 0 saturated carbocycles. The maximum absolute atomic E-state index is 5.62. The zero-order valence-corrected chi connectivity index (χ0v) is 17.2. The lowest BCUT2D eigenvalue weighted by Gasteiger charge is -2.07. The Morgan fingerprint density at radius 1 is 0.926 bits per heavy atom. The number of hydrogen-bond donors (Lipinski definition) is 0. The van der Waals surface area contributed by atoms with E-state index in [1.807, 2.05) is 6.07 Å². The van der Waals surface area contributed by atoms with Gasteiger partial charge in [0.15, 0.2) is 17.2 Å². The van der Waals surface area contributed by atoms with E-state index in [1.54, 1.807) is 0 Å². The van der Waals surface area contributed by atoms with E-state index in [4.69, 9.17) is 9.47 Å². The molecule has 3 heterocycles. The summed E-state index contributed by atoms with van der Waals surface area (Å²) in [4.78, 5) is 0. The molecule has 0 amide bonds. The van der Waals surface area contributed by atoms with Crippen molar-refractivity contribution < 1.29 is 14.0 Å². The highest BCUT2D eigenvalue weighted by Gasteiger charge is 2.28. The molecule has 5 heteroatoms. The van der Waals surface area contributed by atoms with Gasteiger partial charge in [-0.1, -0.05) is 29.8 Å². The number of nitrogens with zero attached hydrogens (tertiary/aromatic N) is 2. The molecule has 0 spiro atoms. The molecule has 140 valence electrons. The fraction of sp³-hybridized carbons (Fsp3) is 0.318. The Labute approximate surface area is 170 Å². The number of aromatic nitrogens is 2. The summed E-state index contributed by atoms with van der Waals surface area (Å²) >= 11 is 0. The SMILES string of the molecule is Br.Cc1ccc(-c2c[n+]3c(n2-c2ccc4c(c2)OCO4)CCCCC3)cc1. The quantitative estimate of drug-likeness (QED) is 0.550. The van der Waals surface area contributed by atoms with Crippen LogP contribution >= 0.6 is 17.0 Å². The maximum atomic E-state index is 5.62. The largest absolute Gasteiger partial charge is 0.454 e. The number of hydrogen-bond acceptors (Lipinski definition) is 2. The average Bonchev–Trinajstić information content (AvgIpc) is 3.20. The van der Waals surface area contributed by atoms with Crippen LogP contribution in [0, 0.1) is 6.92 Å². The smallest absolute Gasteiger partial charge is 0.262 e. The lowest BCUT2D eigenvalue weighted by Crippen LogP contribution is -2.35. The Kier molecular flexibility index (Phi) is 4.96. The molecule has 2 aliphatic heterocycles. The average molecular weight is 428 g/mol. The molecule has 0 fully saturated rings. The highest BCUT2D eigenvalue weighted by Crippen LogP contribution is 2.35. The number of benzene rings is 2. The number of halogens is 1. The normalized spacial score (nSPS) is 15.0. The van der Waals surface area contributed by atoms with Crippen LogP contribution in [0.15, 0.2) is 48.7 Å². The Morgan fingerprint density at radius 3 is 2.59 bits per heavy atom. The molecule has 2 aromatic carbocycles. The van der Waals surface area contributed by atoms with Crippen LogP contribution in [0.2, 0.25) is 0 Å². The Bertz CT molecular complexity index is 963. The molecule has 0 atom stereocenters. The van der Waals surface area contributed by atoms with Crippen molar-refractivity contribution in [1.29, 1.82) is 0 Å². The molecule has 0 unspecified atom stereocenters. The number of rotatable bonds is 2. The van der Waals surface area contributed by atoms with Crippen LogP contribution in [0.4, 0.5) is 0 Å². The van der Waals surface area contributed by atoms with Gasteiger partial charge in [-0.25, -0.2) is 4.57 Å². The van der Waals surface area contributed by atoms with Gasteiger partial charge in [0, 0.05) is 18.1 Å². The zero-order valence-electron chi connectivity index (χ0n) is 15.5. The summed E-state index contributed by atoms with van der Waals surface area (Å²) in [7, 11) is 0. The lowest BCUT2D eigenvalue weighted by atomic mass is 10.1. The first-order valence-electron chi connectivity index (χ1n) is 9.41. The van der Waals surface area contributed by atoms with Crippen LogP contribution in [-0.4, -0.2) is 11.4 Å². The van der Waals surface area contributed by atoms with E-state index in [0.717, 1.165) is 30.2 Å². The number of fused-ring (bicyclic) bond motifs is 2. The maximum Gasteiger partial charge on any atom is 0.262 e. The lowest BCUT2D eigenvalue weighted by molar-refractivity contribution is -0.702. The second kappa shape index (κ2) is 7.39. The fourth-order valence-electron chi connectivity index (χ4n) is 3.98. The fourth-order valence-corrected chi connectivity index (χ4v) is 3.98. The third-order valence-electron chi connectivity index (χ3n) is 5.37. The first kappa shape index (κ1) is 18.1. The van der Waals surface area contributed by atoms with Gasteiger partial charge in [0.25, 0.3) is 5.82 Å². The third kappa shape index (κ3) is 3.25. The third-order valence-corrected chi connectivity index (χ3v) is 5.37. The summed E-state index contributed by atoms with van der Waals surface area (Å²) in [6, 6.07) is 15.1. The van der Waals surface area contributed by atoms with Crippen molar-refractivity contribution in [2.45, 2.75) is 39.2 Å². The first-order chi connectivity index (χ1) is 12.8. The van der Waals surface area contributed by atoms with Crippen LogP contribution in [-0.2, 0) is 13.0 Å². The number of ether oxygens (including phenoxy) is 2. The van der Waals surface area contributed by atoms with E-state index < -0.39 is 0 Å². The van der Waals surface area contributed by atoms with Crippen LogP contribution in [0.25, 0.3) is 16.9 Å². The second-order valence-corrected chi connectivity index (χ2v) is 7.17. The van der Waals surface area contributed by atoms with Gasteiger partial charge in [-0.15, -0.1) is 17.0 Å². The van der Waals surface area contributed by atoms with E-state index in [2.05, 4.69) is 58.7 Å². The van der Waals surface area contributed by atoms with Gasteiger partial charge in [0.1, 0.15) is 11.9 Å². The van der Waals surface area contributed by atoms with Gasteiger partial charge in [-0.3, -0.25) is 0 Å². The van der Waals surface area contributed by atoms with E-state index >= 15 is 0 Å². The number of imidazole rings is 1. The van der Waals surface area contributed by atoms with Crippen molar-refractivity contribution in [2.75, 3.05) is 6.79 Å². The van der Waals surface area contributed by atoms with Crippen molar-refractivity contribution in [2.24, 2.45) is 0 Å². The molecule has 0 saturated heterocycles. The Hall–Kier alpha value is -2.27. The van der Waals surface area contributed by atoms with Gasteiger partial charge < -0.3 is 9.47 Å². The van der Waals surface area contributed by atoms with E-state index in [0.29, 0.717) is 6.79 Å². The summed E-state index contributed by atoms with van der Waals surface area (Å²) in [5.41, 5.74) is 4.90. The van der Waals surface area contributed by atoms with Crippen molar-refractivity contribution >= 4 is 17.0 Å². The van der Waals surface area contributed by atoms with Gasteiger partial charge in [0.05, 0.1) is 6.54 Å². The van der Waals surface area contributed by atoms with Crippen molar-refractivity contribution in [1.82, 2.24) is 4.57 Å². The number of aryl methyl sites for hydroxylation is 2. The molecule has 0 aliphatic carbocycles. The van der Waals surface area contributed by atoms with Crippen LogP contribution in [0.3, 0.4) is 0 Å². The summed E-state index contributed by atoms with van der Waals surface area (Å²) < 4.78 is 16.0. The van der Waals surface area contributed by atoms with Crippen molar-refractivity contribution in [3.63, 3.8) is 0 Å². The molecule has 4 nitrogen and oxygen atoms in total. The molecule has 1 aromatic heterocycles. The standard InChI is InChI=1S/C22H23N2O2.BrH/c1-16-6-8-17(9-7-16)19-14-23-12-4-2-3-5-22(23)24(19)18-10-11-20-21(13-18)26-15-25-20;/h6-11,13-14H,2-5,12,15H2,1H3;1H/q+1;. The summed E-state index contributed by atoms with van der Waals surface area (Å²) in [6.07, 6.45) is 7.19. The van der Waals surface area contributed by atoms with E-state index in [-0.39, 0.29) is 17.0 Å². The van der Waals surface area contributed by atoms with Crippen molar-refractivity contribution in [3.05, 3.63) is 60.0 Å². The highest BCUT2D eigenvalue weighted by molar-refractivity contribution is 8.93. The van der Waals surface area contributed by atoms with E-state index in [1.165, 1.54) is 41.9 Å². The molecule has 2 aliphatic rings. The summed E-state index contributed by atoms with van der Waals surface area (Å²) in [6.45, 7) is 3.53. The minimum atomic E-state index is 0. The molecule has 0 N–H and O–H groups in total. The molecular formula is C22H24BrN2O2+. The van der Waals surface area contributed by atoms with E-state index in [9.17, 15) is 0 Å². The van der Waals surface area contributed by atoms with Crippen LogP contribution in [0.1, 0.15) is 30.7 Å². The van der Waals surface area contributed by atoms with Crippen LogP contribution < -0.4 is 14.0 Å². The minimum absolute atomic E-state index is 0. The van der Waals surface area contributed by atoms with Crippen molar-refractivity contribution in [3.8, 4) is 28.4 Å².